The summed E-state index contributed by atoms with van der Waals surface area (Å²) in [6.45, 7) is 0.0178. The Morgan fingerprint density at radius 3 is 2.61 bits per heavy atom. The maximum absolute atomic E-state index is 12.4. The average Bonchev–Trinajstić information content (AvgIpc) is 2.87. The van der Waals surface area contributed by atoms with E-state index in [1.54, 1.807) is 37.4 Å². The molecule has 0 spiro atoms. The van der Waals surface area contributed by atoms with Crippen molar-refractivity contribution in [2.75, 3.05) is 13.7 Å². The molecule has 0 bridgehead atoms. The molecule has 1 atom stereocenters. The van der Waals surface area contributed by atoms with Gasteiger partial charge in [0.25, 0.3) is 0 Å². The Bertz CT molecular complexity index is 549. The Kier molecular flexibility index (Phi) is 3.82. The zero-order valence-corrected chi connectivity index (χ0v) is 11.2. The van der Waals surface area contributed by atoms with Crippen LogP contribution in [0.4, 0.5) is 0 Å². The van der Waals surface area contributed by atoms with Gasteiger partial charge in [0.2, 0.25) is 0 Å². The molecule has 1 aromatic rings. The second-order valence-electron chi connectivity index (χ2n) is 4.55. The molecule has 0 radical (unpaired) electrons. The molecule has 1 N–H and O–H groups in total. The number of aliphatic hydroxyl groups is 1. The fourth-order valence-corrected chi connectivity index (χ4v) is 3.78. The third kappa shape index (κ3) is 2.33. The van der Waals surface area contributed by atoms with Gasteiger partial charge >= 0.3 is 10.0 Å². The lowest BCUT2D eigenvalue weighted by atomic mass is 10.1. The van der Waals surface area contributed by atoms with Crippen molar-refractivity contribution in [3.8, 4) is 0 Å². The van der Waals surface area contributed by atoms with Gasteiger partial charge < -0.3 is 5.11 Å². The molecule has 5 heteroatoms. The molecule has 0 saturated heterocycles. The fourth-order valence-electron chi connectivity index (χ4n) is 2.42. The summed E-state index contributed by atoms with van der Waals surface area (Å²) < 4.78 is 26.2. The van der Waals surface area contributed by atoms with Gasteiger partial charge in [0.05, 0.1) is 12.5 Å². The van der Waals surface area contributed by atoms with E-state index in [-0.39, 0.29) is 12.5 Å². The van der Waals surface area contributed by atoms with E-state index >= 15 is 0 Å². The van der Waals surface area contributed by atoms with Crippen molar-refractivity contribution in [1.29, 1.82) is 0 Å². The minimum atomic E-state index is -3.48. The summed E-state index contributed by atoms with van der Waals surface area (Å²) in [5.74, 6) is -0.0199. The summed E-state index contributed by atoms with van der Waals surface area (Å²) in [5, 5.41) is 9.28. The molecule has 0 heterocycles. The molecule has 98 valence electrons. The van der Waals surface area contributed by atoms with Gasteiger partial charge in [-0.2, -0.15) is 8.42 Å². The SMILES string of the molecule is C/[N+](=C1\CCC[C@H]1CO)S(=O)(=O)c1ccccc1. The summed E-state index contributed by atoms with van der Waals surface area (Å²) in [6.07, 6.45) is 2.55. The summed E-state index contributed by atoms with van der Waals surface area (Å²) in [4.78, 5) is 0.295. The first-order valence-corrected chi connectivity index (χ1v) is 7.52. The van der Waals surface area contributed by atoms with Crippen molar-refractivity contribution in [3.05, 3.63) is 30.3 Å². The Balaban J connectivity index is 2.45. The summed E-state index contributed by atoms with van der Waals surface area (Å²) >= 11 is 0. The Morgan fingerprint density at radius 2 is 2.00 bits per heavy atom. The molecule has 18 heavy (non-hydrogen) atoms. The highest BCUT2D eigenvalue weighted by Crippen LogP contribution is 2.24. The number of aliphatic hydroxyl groups excluding tert-OH is 1. The molecule has 0 amide bonds. The van der Waals surface area contributed by atoms with Gasteiger partial charge in [-0.05, 0) is 25.0 Å². The molecule has 1 fully saturated rings. The van der Waals surface area contributed by atoms with Gasteiger partial charge in [0.15, 0.2) is 12.8 Å². The number of sulfonamides is 1. The van der Waals surface area contributed by atoms with E-state index in [0.29, 0.717) is 4.90 Å². The van der Waals surface area contributed by atoms with Crippen LogP contribution in [0.5, 0.6) is 0 Å². The van der Waals surface area contributed by atoms with Crippen LogP contribution in [0.3, 0.4) is 0 Å². The Morgan fingerprint density at radius 1 is 1.33 bits per heavy atom. The minimum Gasteiger partial charge on any atom is -0.396 e. The molecule has 1 aliphatic rings. The Hall–Kier alpha value is -1.20. The molecular formula is C13H18NO3S+. The van der Waals surface area contributed by atoms with Crippen LogP contribution in [0.2, 0.25) is 0 Å². The van der Waals surface area contributed by atoms with Crippen LogP contribution in [0.15, 0.2) is 35.2 Å². The van der Waals surface area contributed by atoms with E-state index in [1.165, 1.54) is 3.98 Å². The van der Waals surface area contributed by atoms with Crippen LogP contribution in [0, 0.1) is 5.92 Å². The zero-order valence-electron chi connectivity index (χ0n) is 10.4. The monoisotopic (exact) mass is 268 g/mol. The average molecular weight is 268 g/mol. The third-order valence-corrected chi connectivity index (χ3v) is 5.31. The smallest absolute Gasteiger partial charge is 0.394 e. The number of benzene rings is 1. The molecular weight excluding hydrogens is 250 g/mol. The van der Waals surface area contributed by atoms with Gasteiger partial charge in [-0.1, -0.05) is 18.2 Å². The van der Waals surface area contributed by atoms with E-state index in [0.717, 1.165) is 25.0 Å². The predicted molar refractivity (Wildman–Crippen MR) is 69.2 cm³/mol. The summed E-state index contributed by atoms with van der Waals surface area (Å²) in [5.41, 5.74) is 0.821. The van der Waals surface area contributed by atoms with Crippen LogP contribution in [0.1, 0.15) is 19.3 Å². The molecule has 0 unspecified atom stereocenters. The van der Waals surface area contributed by atoms with Crippen molar-refractivity contribution < 1.29 is 17.5 Å². The molecule has 1 aliphatic carbocycles. The van der Waals surface area contributed by atoms with Crippen molar-refractivity contribution in [1.82, 2.24) is 0 Å². The predicted octanol–water partition coefficient (Wildman–Crippen LogP) is 1.25. The highest BCUT2D eigenvalue weighted by atomic mass is 32.2. The number of nitrogens with zero attached hydrogens (tertiary/aromatic N) is 1. The second-order valence-corrected chi connectivity index (χ2v) is 6.52. The van der Waals surface area contributed by atoms with Crippen molar-refractivity contribution in [2.24, 2.45) is 5.92 Å². The molecule has 0 aromatic heterocycles. The number of rotatable bonds is 3. The first kappa shape index (κ1) is 13.2. The second kappa shape index (κ2) is 5.20. The van der Waals surface area contributed by atoms with Crippen LogP contribution in [-0.4, -0.2) is 36.9 Å². The zero-order chi connectivity index (χ0) is 13.2. The first-order valence-electron chi connectivity index (χ1n) is 6.08. The normalized spacial score (nSPS) is 23.1. The Labute approximate surface area is 108 Å². The van der Waals surface area contributed by atoms with Crippen molar-refractivity contribution in [3.63, 3.8) is 0 Å². The highest BCUT2D eigenvalue weighted by molar-refractivity contribution is 7.85. The van der Waals surface area contributed by atoms with Crippen LogP contribution >= 0.6 is 0 Å². The van der Waals surface area contributed by atoms with E-state index in [1.807, 2.05) is 0 Å². The molecule has 0 aliphatic heterocycles. The van der Waals surface area contributed by atoms with E-state index in [9.17, 15) is 13.5 Å². The third-order valence-electron chi connectivity index (χ3n) is 3.48. The van der Waals surface area contributed by atoms with E-state index in [4.69, 9.17) is 0 Å². The molecule has 1 aromatic carbocycles. The van der Waals surface area contributed by atoms with Crippen molar-refractivity contribution in [2.45, 2.75) is 24.2 Å². The number of hydrogen-bond donors (Lipinski definition) is 1. The minimum absolute atomic E-state index is 0.0178. The molecule has 2 rings (SSSR count). The van der Waals surface area contributed by atoms with E-state index < -0.39 is 10.0 Å². The maximum Gasteiger partial charge on any atom is 0.394 e. The van der Waals surface area contributed by atoms with Gasteiger partial charge in [0.1, 0.15) is 4.90 Å². The van der Waals surface area contributed by atoms with Crippen molar-refractivity contribution >= 4 is 15.7 Å². The summed E-state index contributed by atoms with van der Waals surface area (Å²) in [6, 6.07) is 8.40. The molecule has 4 nitrogen and oxygen atoms in total. The lowest BCUT2D eigenvalue weighted by Gasteiger charge is -2.07. The summed E-state index contributed by atoms with van der Waals surface area (Å²) in [7, 11) is -1.91. The van der Waals surface area contributed by atoms with Gasteiger partial charge in [-0.15, -0.1) is 3.98 Å². The standard InChI is InChI=1S/C13H18NO3S/c1-14(13-9-5-6-11(13)10-15)18(16,17)12-7-3-2-4-8-12/h2-4,7-8,11,15H,5-6,9-10H2,1H3/q+1/b14-13-/t11-/m0/s1. The quantitative estimate of drug-likeness (QED) is 0.839. The van der Waals surface area contributed by atoms with Crippen LogP contribution in [-0.2, 0) is 10.0 Å². The highest BCUT2D eigenvalue weighted by Gasteiger charge is 2.35. The first-order chi connectivity index (χ1) is 8.57. The van der Waals surface area contributed by atoms with E-state index in [2.05, 4.69) is 0 Å². The lowest BCUT2D eigenvalue weighted by molar-refractivity contribution is -0.331. The van der Waals surface area contributed by atoms with Crippen LogP contribution in [0.25, 0.3) is 0 Å². The van der Waals surface area contributed by atoms with Gasteiger partial charge in [-0.3, -0.25) is 0 Å². The lowest BCUT2D eigenvalue weighted by Crippen LogP contribution is -2.28. The van der Waals surface area contributed by atoms with Gasteiger partial charge in [-0.25, -0.2) is 0 Å². The molecule has 1 saturated carbocycles. The fraction of sp³-hybridized carbons (Fsp3) is 0.462. The number of hydrogen-bond acceptors (Lipinski definition) is 3. The largest absolute Gasteiger partial charge is 0.396 e. The maximum atomic E-state index is 12.4. The topological polar surface area (TPSA) is 57.4 Å². The van der Waals surface area contributed by atoms with Gasteiger partial charge in [0, 0.05) is 6.42 Å². The van der Waals surface area contributed by atoms with Crippen LogP contribution < -0.4 is 0 Å².